The predicted octanol–water partition coefficient (Wildman–Crippen LogP) is 3.91. The third-order valence-corrected chi connectivity index (χ3v) is 6.62. The van der Waals surface area contributed by atoms with Crippen LogP contribution < -0.4 is 10.6 Å². The van der Waals surface area contributed by atoms with Gasteiger partial charge < -0.3 is 15.7 Å². The molecule has 0 spiro atoms. The van der Waals surface area contributed by atoms with Crippen LogP contribution in [0.25, 0.3) is 10.1 Å². The van der Waals surface area contributed by atoms with Crippen LogP contribution in [0.3, 0.4) is 0 Å². The molecule has 0 saturated heterocycles. The van der Waals surface area contributed by atoms with Gasteiger partial charge in [-0.05, 0) is 54.5 Å². The lowest BCUT2D eigenvalue weighted by molar-refractivity contribution is 0.184. The van der Waals surface area contributed by atoms with Gasteiger partial charge in [-0.3, -0.25) is 4.99 Å². The topological polar surface area (TPSA) is 56.7 Å². The predicted molar refractivity (Wildman–Crippen MR) is 116 cm³/mol. The molecule has 2 aromatic rings. The lowest BCUT2D eigenvalue weighted by atomic mass is 10.0. The van der Waals surface area contributed by atoms with Crippen molar-refractivity contribution in [2.45, 2.75) is 31.8 Å². The SMILES string of the molecule is CN=C(NCC(O)c1cc2ccccc2s1)NCC1(C2CC2)CC1.I. The van der Waals surface area contributed by atoms with Gasteiger partial charge in [-0.1, -0.05) is 18.2 Å². The van der Waals surface area contributed by atoms with Crippen LogP contribution in [0, 0.1) is 11.3 Å². The van der Waals surface area contributed by atoms with Gasteiger partial charge in [0, 0.05) is 29.7 Å². The monoisotopic (exact) mass is 471 g/mol. The van der Waals surface area contributed by atoms with E-state index in [9.17, 15) is 5.11 Å². The molecule has 1 heterocycles. The minimum absolute atomic E-state index is 0. The highest BCUT2D eigenvalue weighted by Gasteiger charge is 2.53. The number of thiophene rings is 1. The van der Waals surface area contributed by atoms with E-state index in [2.05, 4.69) is 33.8 Å². The number of guanidine groups is 1. The molecule has 2 fully saturated rings. The zero-order valence-electron chi connectivity index (χ0n) is 14.5. The first-order valence-corrected chi connectivity index (χ1v) is 9.63. The van der Waals surface area contributed by atoms with Crippen LogP contribution in [-0.4, -0.2) is 31.2 Å². The Balaban J connectivity index is 0.00000182. The average molecular weight is 471 g/mol. The van der Waals surface area contributed by atoms with Crippen LogP contribution in [0.1, 0.15) is 36.7 Å². The maximum absolute atomic E-state index is 10.5. The third-order valence-electron chi connectivity index (χ3n) is 5.40. The fraction of sp³-hybridized carbons (Fsp3) is 0.526. The van der Waals surface area contributed by atoms with Crippen LogP contribution in [0.2, 0.25) is 0 Å². The fourth-order valence-electron chi connectivity index (χ4n) is 3.53. The standard InChI is InChI=1S/C19H25N3OS.HI/c1-20-18(22-12-19(8-9-19)14-6-7-14)21-11-15(23)17-10-13-4-2-3-5-16(13)24-17;/h2-5,10,14-15,23H,6-9,11-12H2,1H3,(H2,20,21,22);1H. The lowest BCUT2D eigenvalue weighted by Crippen LogP contribution is -2.42. The van der Waals surface area contributed by atoms with Crippen LogP contribution in [-0.2, 0) is 0 Å². The first-order valence-electron chi connectivity index (χ1n) is 8.81. The molecule has 0 aliphatic heterocycles. The molecule has 1 aromatic carbocycles. The van der Waals surface area contributed by atoms with E-state index in [4.69, 9.17) is 0 Å². The van der Waals surface area contributed by atoms with Crippen LogP contribution >= 0.6 is 35.3 Å². The average Bonchev–Trinajstić information content (AvgIpc) is 3.51. The normalized spacial score (nSPS) is 20.0. The first kappa shape index (κ1) is 18.9. The molecule has 0 radical (unpaired) electrons. The van der Waals surface area contributed by atoms with E-state index < -0.39 is 6.10 Å². The molecule has 4 nitrogen and oxygen atoms in total. The van der Waals surface area contributed by atoms with E-state index in [0.29, 0.717) is 12.0 Å². The molecule has 3 N–H and O–H groups in total. The Hall–Kier alpha value is -0.860. The summed E-state index contributed by atoms with van der Waals surface area (Å²) in [7, 11) is 1.79. The quantitative estimate of drug-likeness (QED) is 0.340. The Morgan fingerprint density at radius 3 is 2.72 bits per heavy atom. The summed E-state index contributed by atoms with van der Waals surface area (Å²) < 4.78 is 1.22. The minimum atomic E-state index is -0.515. The number of fused-ring (bicyclic) bond motifs is 1. The number of hydrogen-bond donors (Lipinski definition) is 3. The largest absolute Gasteiger partial charge is 0.386 e. The highest BCUT2D eigenvalue weighted by molar-refractivity contribution is 14.0. The number of aliphatic hydroxyl groups is 1. The van der Waals surface area contributed by atoms with Crippen LogP contribution in [0.15, 0.2) is 35.3 Å². The Labute approximate surface area is 170 Å². The highest BCUT2D eigenvalue weighted by atomic mass is 127. The van der Waals surface area contributed by atoms with Gasteiger partial charge in [0.05, 0.1) is 0 Å². The molecule has 4 rings (SSSR count). The molecule has 0 amide bonds. The van der Waals surface area contributed by atoms with Gasteiger partial charge in [0.1, 0.15) is 6.10 Å². The highest BCUT2D eigenvalue weighted by Crippen LogP contribution is 2.60. The number of aliphatic hydroxyl groups excluding tert-OH is 1. The lowest BCUT2D eigenvalue weighted by Gasteiger charge is -2.19. The van der Waals surface area contributed by atoms with E-state index in [0.717, 1.165) is 23.3 Å². The second kappa shape index (κ2) is 7.80. The van der Waals surface area contributed by atoms with E-state index >= 15 is 0 Å². The molecule has 6 heteroatoms. The zero-order valence-corrected chi connectivity index (χ0v) is 17.6. The van der Waals surface area contributed by atoms with Crippen molar-refractivity contribution in [3.05, 3.63) is 35.2 Å². The molecule has 2 saturated carbocycles. The maximum Gasteiger partial charge on any atom is 0.191 e. The van der Waals surface area contributed by atoms with Gasteiger partial charge in [0.15, 0.2) is 5.96 Å². The molecule has 136 valence electrons. The number of rotatable bonds is 6. The Morgan fingerprint density at radius 2 is 2.08 bits per heavy atom. The van der Waals surface area contributed by atoms with E-state index in [1.54, 1.807) is 18.4 Å². The van der Waals surface area contributed by atoms with Gasteiger partial charge in [-0.2, -0.15) is 0 Å². The second-order valence-electron chi connectivity index (χ2n) is 7.15. The summed E-state index contributed by atoms with van der Waals surface area (Å²) in [4.78, 5) is 5.29. The van der Waals surface area contributed by atoms with Gasteiger partial charge in [-0.25, -0.2) is 0 Å². The molecule has 1 atom stereocenters. The number of benzene rings is 1. The molecule has 2 aliphatic carbocycles. The van der Waals surface area contributed by atoms with E-state index in [1.807, 2.05) is 12.1 Å². The molecular formula is C19H26IN3OS. The van der Waals surface area contributed by atoms with Crippen molar-refractivity contribution in [3.63, 3.8) is 0 Å². The molecular weight excluding hydrogens is 445 g/mol. The van der Waals surface area contributed by atoms with Gasteiger partial charge in [0.2, 0.25) is 0 Å². The van der Waals surface area contributed by atoms with Crippen LogP contribution in [0.4, 0.5) is 0 Å². The van der Waals surface area contributed by atoms with Crippen molar-refractivity contribution in [3.8, 4) is 0 Å². The summed E-state index contributed by atoms with van der Waals surface area (Å²) in [6.45, 7) is 1.49. The smallest absolute Gasteiger partial charge is 0.191 e. The number of halogens is 1. The van der Waals surface area contributed by atoms with Crippen molar-refractivity contribution in [2.75, 3.05) is 20.1 Å². The molecule has 2 aliphatic rings. The Bertz CT molecular complexity index is 719. The first-order chi connectivity index (χ1) is 11.7. The van der Waals surface area contributed by atoms with Crippen LogP contribution in [0.5, 0.6) is 0 Å². The Morgan fingerprint density at radius 1 is 1.32 bits per heavy atom. The number of aliphatic imine (C=N–C) groups is 1. The summed E-state index contributed by atoms with van der Waals surface area (Å²) in [5.74, 6) is 1.73. The Kier molecular flexibility index (Phi) is 5.90. The van der Waals surface area contributed by atoms with Crippen molar-refractivity contribution in [2.24, 2.45) is 16.3 Å². The summed E-state index contributed by atoms with van der Waals surface area (Å²) in [5.41, 5.74) is 0.543. The minimum Gasteiger partial charge on any atom is -0.386 e. The molecule has 1 unspecified atom stereocenters. The van der Waals surface area contributed by atoms with Gasteiger partial charge in [-0.15, -0.1) is 35.3 Å². The zero-order chi connectivity index (χ0) is 16.6. The molecule has 0 bridgehead atoms. The van der Waals surface area contributed by atoms with Crippen molar-refractivity contribution in [1.29, 1.82) is 0 Å². The summed E-state index contributed by atoms with van der Waals surface area (Å²) >= 11 is 1.65. The van der Waals surface area contributed by atoms with Crippen molar-refractivity contribution < 1.29 is 5.11 Å². The second-order valence-corrected chi connectivity index (χ2v) is 8.26. The molecule has 25 heavy (non-hydrogen) atoms. The number of hydrogen-bond acceptors (Lipinski definition) is 3. The van der Waals surface area contributed by atoms with Crippen molar-refractivity contribution >= 4 is 51.4 Å². The fourth-order valence-corrected chi connectivity index (χ4v) is 4.58. The number of nitrogens with zero attached hydrogens (tertiary/aromatic N) is 1. The third kappa shape index (κ3) is 4.28. The van der Waals surface area contributed by atoms with E-state index in [1.165, 1.54) is 35.8 Å². The molecule has 1 aromatic heterocycles. The number of nitrogens with one attached hydrogen (secondary N) is 2. The summed E-state index contributed by atoms with van der Waals surface area (Å²) in [6.07, 6.45) is 4.99. The van der Waals surface area contributed by atoms with E-state index in [-0.39, 0.29) is 24.0 Å². The summed E-state index contributed by atoms with van der Waals surface area (Å²) in [5, 5.41) is 18.4. The van der Waals surface area contributed by atoms with Crippen molar-refractivity contribution in [1.82, 2.24) is 10.6 Å². The van der Waals surface area contributed by atoms with Gasteiger partial charge >= 0.3 is 0 Å². The van der Waals surface area contributed by atoms with Gasteiger partial charge in [0.25, 0.3) is 0 Å². The summed E-state index contributed by atoms with van der Waals surface area (Å²) in [6, 6.07) is 10.3. The maximum atomic E-state index is 10.5.